The predicted molar refractivity (Wildman–Crippen MR) is 102 cm³/mol. The molecule has 1 amide bonds. The fourth-order valence-corrected chi connectivity index (χ4v) is 2.29. The van der Waals surface area contributed by atoms with Crippen molar-refractivity contribution >= 4 is 29.3 Å². The van der Waals surface area contributed by atoms with Crippen molar-refractivity contribution in [2.24, 2.45) is 0 Å². The summed E-state index contributed by atoms with van der Waals surface area (Å²) in [4.78, 5) is 12.0. The topological polar surface area (TPSA) is 38.3 Å². The summed E-state index contributed by atoms with van der Waals surface area (Å²) in [6.07, 6.45) is 3.22. The Kier molecular flexibility index (Phi) is 5.50. The minimum absolute atomic E-state index is 0.202. The number of benzene rings is 3. The highest BCUT2D eigenvalue weighted by Gasteiger charge is 2.00. The standard InChI is InChI=1S/C21H16ClNO2/c22-17-9-6-16(7-10-17)8-15-21(24)23-18-11-13-20(14-12-18)25-19-4-2-1-3-5-19/h1-15H,(H,23,24)/b15-8+. The zero-order valence-electron chi connectivity index (χ0n) is 13.4. The van der Waals surface area contributed by atoms with Gasteiger partial charge in [-0.25, -0.2) is 0 Å². The Morgan fingerprint density at radius 3 is 2.16 bits per heavy atom. The van der Waals surface area contributed by atoms with Crippen LogP contribution in [0.15, 0.2) is 84.9 Å². The molecule has 3 aromatic carbocycles. The van der Waals surface area contributed by atoms with Gasteiger partial charge >= 0.3 is 0 Å². The molecule has 0 aliphatic carbocycles. The molecule has 4 heteroatoms. The van der Waals surface area contributed by atoms with E-state index in [0.717, 1.165) is 11.3 Å². The third-order valence-corrected chi connectivity index (χ3v) is 3.65. The molecule has 0 heterocycles. The lowest BCUT2D eigenvalue weighted by Gasteiger charge is -2.07. The van der Waals surface area contributed by atoms with Crippen molar-refractivity contribution in [3.8, 4) is 11.5 Å². The number of rotatable bonds is 5. The molecule has 0 saturated carbocycles. The number of hydrogen-bond acceptors (Lipinski definition) is 2. The predicted octanol–water partition coefficient (Wildman–Crippen LogP) is 5.78. The van der Waals surface area contributed by atoms with Crippen molar-refractivity contribution < 1.29 is 9.53 Å². The number of carbonyl (C=O) groups excluding carboxylic acids is 1. The second-order valence-electron chi connectivity index (χ2n) is 5.31. The third kappa shape index (κ3) is 5.23. The molecule has 0 saturated heterocycles. The highest BCUT2D eigenvalue weighted by molar-refractivity contribution is 6.30. The molecule has 0 unspecified atom stereocenters. The summed E-state index contributed by atoms with van der Waals surface area (Å²) in [5.41, 5.74) is 1.61. The Balaban J connectivity index is 1.57. The molecule has 25 heavy (non-hydrogen) atoms. The minimum Gasteiger partial charge on any atom is -0.457 e. The quantitative estimate of drug-likeness (QED) is 0.592. The highest BCUT2D eigenvalue weighted by Crippen LogP contribution is 2.22. The molecule has 0 radical (unpaired) electrons. The summed E-state index contributed by atoms with van der Waals surface area (Å²) < 4.78 is 5.72. The van der Waals surface area contributed by atoms with Crippen LogP contribution >= 0.6 is 11.6 Å². The van der Waals surface area contributed by atoms with E-state index in [1.54, 1.807) is 30.3 Å². The Bertz CT molecular complexity index is 857. The van der Waals surface area contributed by atoms with Gasteiger partial charge in [-0.3, -0.25) is 4.79 Å². The lowest BCUT2D eigenvalue weighted by molar-refractivity contribution is -0.111. The number of amides is 1. The van der Waals surface area contributed by atoms with Gasteiger partial charge in [-0.15, -0.1) is 0 Å². The lowest BCUT2D eigenvalue weighted by atomic mass is 10.2. The molecule has 0 aliphatic heterocycles. The first-order valence-electron chi connectivity index (χ1n) is 7.77. The fraction of sp³-hybridized carbons (Fsp3) is 0. The van der Waals surface area contributed by atoms with Gasteiger partial charge in [0, 0.05) is 16.8 Å². The molecule has 0 spiro atoms. The summed E-state index contributed by atoms with van der Waals surface area (Å²) in [7, 11) is 0. The fourth-order valence-electron chi connectivity index (χ4n) is 2.16. The number of para-hydroxylation sites is 1. The van der Waals surface area contributed by atoms with Crippen LogP contribution in [0.1, 0.15) is 5.56 Å². The molecular weight excluding hydrogens is 334 g/mol. The number of nitrogens with one attached hydrogen (secondary N) is 1. The van der Waals surface area contributed by atoms with E-state index in [1.807, 2.05) is 54.6 Å². The molecule has 3 aromatic rings. The molecule has 3 nitrogen and oxygen atoms in total. The van der Waals surface area contributed by atoms with Gasteiger partial charge in [0.15, 0.2) is 0 Å². The van der Waals surface area contributed by atoms with E-state index < -0.39 is 0 Å². The van der Waals surface area contributed by atoms with Crippen LogP contribution in [0.3, 0.4) is 0 Å². The zero-order valence-corrected chi connectivity index (χ0v) is 14.1. The van der Waals surface area contributed by atoms with Gasteiger partial charge in [-0.1, -0.05) is 41.9 Å². The van der Waals surface area contributed by atoms with Crippen LogP contribution in [-0.4, -0.2) is 5.91 Å². The molecule has 1 N–H and O–H groups in total. The highest BCUT2D eigenvalue weighted by atomic mass is 35.5. The van der Waals surface area contributed by atoms with Crippen LogP contribution in [0, 0.1) is 0 Å². The van der Waals surface area contributed by atoms with E-state index in [1.165, 1.54) is 6.08 Å². The van der Waals surface area contributed by atoms with Gasteiger partial charge in [0.1, 0.15) is 11.5 Å². The zero-order chi connectivity index (χ0) is 17.5. The number of halogens is 1. The molecular formula is C21H16ClNO2. The Hall–Kier alpha value is -3.04. The Labute approximate surface area is 151 Å². The van der Waals surface area contributed by atoms with E-state index in [-0.39, 0.29) is 5.91 Å². The van der Waals surface area contributed by atoms with Crippen molar-refractivity contribution in [2.45, 2.75) is 0 Å². The molecule has 3 rings (SSSR count). The van der Waals surface area contributed by atoms with E-state index >= 15 is 0 Å². The van der Waals surface area contributed by atoms with Crippen LogP contribution in [0.5, 0.6) is 11.5 Å². The van der Waals surface area contributed by atoms with E-state index in [9.17, 15) is 4.79 Å². The van der Waals surface area contributed by atoms with Gasteiger partial charge in [0.2, 0.25) is 5.91 Å². The average Bonchev–Trinajstić information content (AvgIpc) is 2.64. The van der Waals surface area contributed by atoms with Crippen molar-refractivity contribution in [2.75, 3.05) is 5.32 Å². The number of carbonyl (C=O) groups is 1. The number of ether oxygens (including phenoxy) is 1. The molecule has 0 bridgehead atoms. The summed E-state index contributed by atoms with van der Waals surface area (Å²) in [5, 5.41) is 3.47. The van der Waals surface area contributed by atoms with Gasteiger partial charge < -0.3 is 10.1 Å². The molecule has 0 aromatic heterocycles. The van der Waals surface area contributed by atoms with Crippen LogP contribution in [0.4, 0.5) is 5.69 Å². The second kappa shape index (κ2) is 8.18. The minimum atomic E-state index is -0.202. The van der Waals surface area contributed by atoms with Crippen molar-refractivity contribution in [3.63, 3.8) is 0 Å². The maximum Gasteiger partial charge on any atom is 0.248 e. The molecule has 0 aliphatic rings. The third-order valence-electron chi connectivity index (χ3n) is 3.40. The van der Waals surface area contributed by atoms with E-state index in [2.05, 4.69) is 5.32 Å². The first kappa shape index (κ1) is 16.8. The summed E-state index contributed by atoms with van der Waals surface area (Å²) in [5.74, 6) is 1.28. The largest absolute Gasteiger partial charge is 0.457 e. The van der Waals surface area contributed by atoms with Gasteiger partial charge in [-0.05, 0) is 60.2 Å². The van der Waals surface area contributed by atoms with Gasteiger partial charge in [-0.2, -0.15) is 0 Å². The smallest absolute Gasteiger partial charge is 0.248 e. The van der Waals surface area contributed by atoms with Crippen LogP contribution in [-0.2, 0) is 4.79 Å². The van der Waals surface area contributed by atoms with Crippen molar-refractivity contribution in [1.29, 1.82) is 0 Å². The maximum absolute atomic E-state index is 12.0. The molecule has 0 fully saturated rings. The second-order valence-corrected chi connectivity index (χ2v) is 5.75. The number of hydrogen-bond donors (Lipinski definition) is 1. The average molecular weight is 350 g/mol. The number of anilines is 1. The maximum atomic E-state index is 12.0. The Morgan fingerprint density at radius 2 is 1.48 bits per heavy atom. The lowest BCUT2D eigenvalue weighted by Crippen LogP contribution is -2.07. The van der Waals surface area contributed by atoms with Crippen LogP contribution in [0.25, 0.3) is 6.08 Å². The first-order chi connectivity index (χ1) is 12.2. The van der Waals surface area contributed by atoms with Gasteiger partial charge in [0.25, 0.3) is 0 Å². The van der Waals surface area contributed by atoms with Crippen molar-refractivity contribution in [1.82, 2.24) is 0 Å². The van der Waals surface area contributed by atoms with E-state index in [0.29, 0.717) is 16.5 Å². The molecule has 124 valence electrons. The van der Waals surface area contributed by atoms with Crippen molar-refractivity contribution in [3.05, 3.63) is 95.5 Å². The van der Waals surface area contributed by atoms with E-state index in [4.69, 9.17) is 16.3 Å². The van der Waals surface area contributed by atoms with Gasteiger partial charge in [0.05, 0.1) is 0 Å². The van der Waals surface area contributed by atoms with Crippen LogP contribution in [0.2, 0.25) is 5.02 Å². The first-order valence-corrected chi connectivity index (χ1v) is 8.14. The molecule has 0 atom stereocenters. The summed E-state index contributed by atoms with van der Waals surface area (Å²) >= 11 is 5.83. The SMILES string of the molecule is O=C(/C=C/c1ccc(Cl)cc1)Nc1ccc(Oc2ccccc2)cc1. The Morgan fingerprint density at radius 1 is 0.840 bits per heavy atom. The summed E-state index contributed by atoms with van der Waals surface area (Å²) in [6, 6.07) is 24.0. The monoisotopic (exact) mass is 349 g/mol. The normalized spacial score (nSPS) is 10.6. The van der Waals surface area contributed by atoms with Crippen LogP contribution < -0.4 is 10.1 Å². The summed E-state index contributed by atoms with van der Waals surface area (Å²) in [6.45, 7) is 0.